The van der Waals surface area contributed by atoms with Crippen molar-refractivity contribution >= 4 is 27.4 Å². The molecule has 8 heteroatoms. The van der Waals surface area contributed by atoms with Gasteiger partial charge in [0.05, 0.1) is 23.6 Å². The van der Waals surface area contributed by atoms with Gasteiger partial charge in [0, 0.05) is 17.3 Å². The number of halogens is 1. The van der Waals surface area contributed by atoms with Crippen molar-refractivity contribution in [3.8, 4) is 0 Å². The highest BCUT2D eigenvalue weighted by atomic mass is 32.2. The Morgan fingerprint density at radius 3 is 2.50 bits per heavy atom. The highest BCUT2D eigenvalue weighted by Gasteiger charge is 2.38. The molecule has 0 unspecified atom stereocenters. The van der Waals surface area contributed by atoms with Crippen LogP contribution in [-0.2, 0) is 14.8 Å². The summed E-state index contributed by atoms with van der Waals surface area (Å²) < 4.78 is 46.4. The molecule has 0 radical (unpaired) electrons. The predicted octanol–water partition coefficient (Wildman–Crippen LogP) is 5.24. The number of methoxy groups -OCH3 is 1. The molecule has 34 heavy (non-hydrogen) atoms. The summed E-state index contributed by atoms with van der Waals surface area (Å²) in [6, 6.07) is 17.6. The summed E-state index contributed by atoms with van der Waals surface area (Å²) in [5.74, 6) is -0.546. The average molecular weight is 479 g/mol. The third kappa shape index (κ3) is 4.05. The van der Waals surface area contributed by atoms with E-state index in [0.29, 0.717) is 11.3 Å². The van der Waals surface area contributed by atoms with E-state index in [2.05, 4.69) is 22.2 Å². The van der Waals surface area contributed by atoms with Crippen molar-refractivity contribution in [2.75, 3.05) is 17.1 Å². The monoisotopic (exact) mass is 478 g/mol. The standard InChI is InChI=1S/C26H23FN2O4S/c1-33-26(30)17-7-5-16(6-8-17)25-22-4-2-3-21(22)23-15-20(13-14-24(23)28-25)34(31,32)29-19-11-9-18(27)10-12-19/h2-3,5-15,21-22,25,28-29H,4H2,1H3/t21-,22-,25+/m0/s1. The fraction of sp³-hybridized carbons (Fsp3) is 0.192. The molecule has 1 aliphatic heterocycles. The van der Waals surface area contributed by atoms with Gasteiger partial charge < -0.3 is 10.1 Å². The summed E-state index contributed by atoms with van der Waals surface area (Å²) in [6.07, 6.45) is 5.11. The molecule has 1 aliphatic carbocycles. The van der Waals surface area contributed by atoms with Gasteiger partial charge in [-0.1, -0.05) is 24.3 Å². The van der Waals surface area contributed by atoms with E-state index >= 15 is 0 Å². The third-order valence-corrected chi connectivity index (χ3v) is 7.81. The Bertz CT molecular complexity index is 1370. The number of carbonyl (C=O) groups excluding carboxylic acids is 1. The largest absolute Gasteiger partial charge is 0.465 e. The van der Waals surface area contributed by atoms with Gasteiger partial charge in [-0.15, -0.1) is 0 Å². The average Bonchev–Trinajstić information content (AvgIpc) is 3.34. The van der Waals surface area contributed by atoms with E-state index in [1.165, 1.54) is 31.4 Å². The van der Waals surface area contributed by atoms with Crippen LogP contribution in [0.1, 0.15) is 39.9 Å². The lowest BCUT2D eigenvalue weighted by Gasteiger charge is -2.37. The van der Waals surface area contributed by atoms with E-state index in [4.69, 9.17) is 4.74 Å². The Morgan fingerprint density at radius 2 is 1.79 bits per heavy atom. The van der Waals surface area contributed by atoms with Crippen LogP contribution in [0.2, 0.25) is 0 Å². The van der Waals surface area contributed by atoms with Crippen LogP contribution in [0.15, 0.2) is 83.8 Å². The van der Waals surface area contributed by atoms with Gasteiger partial charge in [-0.25, -0.2) is 17.6 Å². The summed E-state index contributed by atoms with van der Waals surface area (Å²) in [7, 11) is -2.48. The molecular formula is C26H23FN2O4S. The van der Waals surface area contributed by atoms with Crippen LogP contribution in [0.5, 0.6) is 0 Å². The Hall–Kier alpha value is -3.65. The lowest BCUT2D eigenvalue weighted by atomic mass is 9.77. The first-order valence-electron chi connectivity index (χ1n) is 10.9. The Morgan fingerprint density at radius 1 is 1.06 bits per heavy atom. The molecule has 6 nitrogen and oxygen atoms in total. The van der Waals surface area contributed by atoms with E-state index in [9.17, 15) is 17.6 Å². The summed E-state index contributed by atoms with van der Waals surface area (Å²) in [6.45, 7) is 0. The second-order valence-electron chi connectivity index (χ2n) is 8.45. The minimum absolute atomic E-state index is 0.0130. The molecule has 3 aromatic rings. The number of rotatable bonds is 5. The molecule has 0 saturated carbocycles. The van der Waals surface area contributed by atoms with Gasteiger partial charge in [0.15, 0.2) is 0 Å². The molecule has 2 N–H and O–H groups in total. The zero-order chi connectivity index (χ0) is 23.9. The Kier molecular flexibility index (Phi) is 5.61. The van der Waals surface area contributed by atoms with Gasteiger partial charge in [-0.2, -0.15) is 0 Å². The molecule has 0 aromatic heterocycles. The number of nitrogens with one attached hydrogen (secondary N) is 2. The molecule has 2 aliphatic rings. The summed E-state index contributed by atoms with van der Waals surface area (Å²) in [5, 5.41) is 3.57. The van der Waals surface area contributed by atoms with Crippen molar-refractivity contribution in [2.24, 2.45) is 5.92 Å². The molecule has 0 bridgehead atoms. The zero-order valence-electron chi connectivity index (χ0n) is 18.4. The van der Waals surface area contributed by atoms with Gasteiger partial charge in [-0.05, 0) is 78.1 Å². The van der Waals surface area contributed by atoms with E-state index in [1.54, 1.807) is 30.3 Å². The van der Waals surface area contributed by atoms with Gasteiger partial charge in [0.25, 0.3) is 10.0 Å². The molecule has 0 spiro atoms. The van der Waals surface area contributed by atoms with E-state index in [1.807, 2.05) is 12.1 Å². The smallest absolute Gasteiger partial charge is 0.337 e. The first kappa shape index (κ1) is 22.2. The molecule has 1 heterocycles. The molecule has 0 saturated heterocycles. The minimum atomic E-state index is -3.84. The van der Waals surface area contributed by atoms with E-state index < -0.39 is 15.8 Å². The lowest BCUT2D eigenvalue weighted by molar-refractivity contribution is 0.0600. The first-order valence-corrected chi connectivity index (χ1v) is 12.4. The number of allylic oxidation sites excluding steroid dienone is 2. The highest BCUT2D eigenvalue weighted by molar-refractivity contribution is 7.92. The molecule has 174 valence electrons. The van der Waals surface area contributed by atoms with Crippen molar-refractivity contribution in [3.05, 3.63) is 101 Å². The number of benzene rings is 3. The normalized spacial score (nSPS) is 20.7. The maximum Gasteiger partial charge on any atom is 0.337 e. The topological polar surface area (TPSA) is 84.5 Å². The van der Waals surface area contributed by atoms with E-state index in [-0.39, 0.29) is 28.7 Å². The van der Waals surface area contributed by atoms with Crippen molar-refractivity contribution in [3.63, 3.8) is 0 Å². The van der Waals surface area contributed by atoms with Crippen LogP contribution in [0.4, 0.5) is 15.8 Å². The van der Waals surface area contributed by atoms with Gasteiger partial charge in [0.2, 0.25) is 0 Å². The number of carbonyl (C=O) groups is 1. The Labute approximate surface area is 197 Å². The van der Waals surface area contributed by atoms with Gasteiger partial charge in [0.1, 0.15) is 5.82 Å². The number of esters is 1. The highest BCUT2D eigenvalue weighted by Crippen LogP contribution is 2.50. The quantitative estimate of drug-likeness (QED) is 0.387. The molecule has 5 rings (SSSR count). The second kappa shape index (κ2) is 8.61. The summed E-state index contributed by atoms with van der Waals surface area (Å²) in [4.78, 5) is 11.9. The van der Waals surface area contributed by atoms with Crippen LogP contribution in [0.3, 0.4) is 0 Å². The number of sulfonamides is 1. The van der Waals surface area contributed by atoms with Crippen LogP contribution < -0.4 is 10.0 Å². The second-order valence-corrected chi connectivity index (χ2v) is 10.1. The first-order chi connectivity index (χ1) is 16.4. The minimum Gasteiger partial charge on any atom is -0.465 e. The summed E-state index contributed by atoms with van der Waals surface area (Å²) >= 11 is 0. The van der Waals surface area contributed by atoms with Gasteiger partial charge >= 0.3 is 5.97 Å². The van der Waals surface area contributed by atoms with E-state index in [0.717, 1.165) is 23.2 Å². The molecule has 3 aromatic carbocycles. The molecule has 0 amide bonds. The molecule has 0 fully saturated rings. The molecule has 3 atom stereocenters. The fourth-order valence-corrected chi connectivity index (χ4v) is 5.84. The van der Waals surface area contributed by atoms with Crippen LogP contribution in [0, 0.1) is 11.7 Å². The van der Waals surface area contributed by atoms with Crippen molar-refractivity contribution < 1.29 is 22.3 Å². The number of anilines is 2. The van der Waals surface area contributed by atoms with Crippen LogP contribution in [-0.4, -0.2) is 21.5 Å². The lowest BCUT2D eigenvalue weighted by Crippen LogP contribution is -2.29. The zero-order valence-corrected chi connectivity index (χ0v) is 19.2. The SMILES string of the molecule is COC(=O)c1ccc([C@H]2Nc3ccc(S(=O)(=O)Nc4ccc(F)cc4)cc3[C@H]3C=CC[C@@H]32)cc1. The van der Waals surface area contributed by atoms with Crippen molar-refractivity contribution in [2.45, 2.75) is 23.3 Å². The maximum absolute atomic E-state index is 13.2. The van der Waals surface area contributed by atoms with Gasteiger partial charge in [-0.3, -0.25) is 4.72 Å². The van der Waals surface area contributed by atoms with Crippen molar-refractivity contribution in [1.82, 2.24) is 0 Å². The Balaban J connectivity index is 1.44. The molecular weight excluding hydrogens is 455 g/mol. The number of fused-ring (bicyclic) bond motifs is 3. The third-order valence-electron chi connectivity index (χ3n) is 6.43. The van der Waals surface area contributed by atoms with Crippen molar-refractivity contribution in [1.29, 1.82) is 0 Å². The van der Waals surface area contributed by atoms with Crippen LogP contribution >= 0.6 is 0 Å². The number of ether oxygens (including phenoxy) is 1. The predicted molar refractivity (Wildman–Crippen MR) is 128 cm³/mol. The summed E-state index contributed by atoms with van der Waals surface area (Å²) in [5.41, 5.74) is 3.63. The van der Waals surface area contributed by atoms with Crippen LogP contribution in [0.25, 0.3) is 0 Å². The number of hydrogen-bond donors (Lipinski definition) is 2. The number of hydrogen-bond acceptors (Lipinski definition) is 5. The fourth-order valence-electron chi connectivity index (χ4n) is 4.75. The maximum atomic E-state index is 13.2.